The summed E-state index contributed by atoms with van der Waals surface area (Å²) >= 11 is 0. The van der Waals surface area contributed by atoms with Crippen LogP contribution in [0.1, 0.15) is 29.3 Å². The van der Waals surface area contributed by atoms with Crippen LogP contribution < -0.4 is 4.74 Å². The van der Waals surface area contributed by atoms with Gasteiger partial charge in [0, 0.05) is 12.0 Å². The number of hydrogen-bond donors (Lipinski definition) is 0. The predicted molar refractivity (Wildman–Crippen MR) is 52.6 cm³/mol. The van der Waals surface area contributed by atoms with Crippen molar-refractivity contribution in [2.45, 2.75) is 19.5 Å². The van der Waals surface area contributed by atoms with Gasteiger partial charge in [0.25, 0.3) is 0 Å². The van der Waals surface area contributed by atoms with E-state index in [1.807, 2.05) is 0 Å². The number of benzene rings is 1. The number of carbonyl (C=O) groups excluding carboxylic acids is 1. The number of methoxy groups -OCH3 is 1. The fraction of sp³-hybridized carbons (Fsp3) is 0.364. The maximum absolute atomic E-state index is 12.6. The first kappa shape index (κ1) is 12.5. The zero-order valence-corrected chi connectivity index (χ0v) is 8.89. The highest BCUT2D eigenvalue weighted by atomic mass is 19.4. The van der Waals surface area contributed by atoms with Crippen LogP contribution in [0.25, 0.3) is 0 Å². The number of ether oxygens (including phenoxy) is 1. The van der Waals surface area contributed by atoms with E-state index in [-0.39, 0.29) is 17.7 Å². The van der Waals surface area contributed by atoms with Crippen molar-refractivity contribution < 1.29 is 22.7 Å². The van der Waals surface area contributed by atoms with Crippen LogP contribution in [0.2, 0.25) is 0 Å². The highest BCUT2D eigenvalue weighted by Crippen LogP contribution is 2.34. The van der Waals surface area contributed by atoms with Crippen molar-refractivity contribution in [3.05, 3.63) is 29.3 Å². The summed E-state index contributed by atoms with van der Waals surface area (Å²) in [6.45, 7) is 1.52. The van der Waals surface area contributed by atoms with Crippen LogP contribution in [0, 0.1) is 0 Å². The Kier molecular flexibility index (Phi) is 3.57. The van der Waals surface area contributed by atoms with E-state index in [2.05, 4.69) is 0 Å². The highest BCUT2D eigenvalue weighted by molar-refractivity contribution is 5.97. The van der Waals surface area contributed by atoms with Crippen LogP contribution >= 0.6 is 0 Å². The fourth-order valence-electron chi connectivity index (χ4n) is 1.32. The molecule has 0 aromatic heterocycles. The van der Waals surface area contributed by atoms with Crippen molar-refractivity contribution in [1.82, 2.24) is 0 Å². The number of halogens is 3. The summed E-state index contributed by atoms with van der Waals surface area (Å²) in [6.07, 6.45) is -4.50. The van der Waals surface area contributed by atoms with Gasteiger partial charge in [0.1, 0.15) is 5.75 Å². The number of carbonyl (C=O) groups is 1. The first-order chi connectivity index (χ1) is 7.40. The minimum Gasteiger partial charge on any atom is -0.497 e. The van der Waals surface area contributed by atoms with Gasteiger partial charge in [-0.05, 0) is 18.2 Å². The van der Waals surface area contributed by atoms with Gasteiger partial charge in [-0.1, -0.05) is 6.92 Å². The lowest BCUT2D eigenvalue weighted by Crippen LogP contribution is -2.12. The van der Waals surface area contributed by atoms with Gasteiger partial charge in [-0.15, -0.1) is 0 Å². The molecule has 0 fully saturated rings. The normalized spacial score (nSPS) is 11.3. The molecule has 0 aliphatic carbocycles. The van der Waals surface area contributed by atoms with Crippen molar-refractivity contribution in [2.24, 2.45) is 0 Å². The summed E-state index contributed by atoms with van der Waals surface area (Å²) in [7, 11) is 1.34. The summed E-state index contributed by atoms with van der Waals surface area (Å²) in [5.41, 5.74) is -1.26. The van der Waals surface area contributed by atoms with Crippen molar-refractivity contribution in [1.29, 1.82) is 0 Å². The summed E-state index contributed by atoms with van der Waals surface area (Å²) < 4.78 is 42.6. The van der Waals surface area contributed by atoms with Gasteiger partial charge in [-0.25, -0.2) is 0 Å². The molecular weight excluding hydrogens is 221 g/mol. The topological polar surface area (TPSA) is 26.3 Å². The van der Waals surface area contributed by atoms with Crippen molar-refractivity contribution >= 4 is 5.78 Å². The maximum Gasteiger partial charge on any atom is 0.417 e. The van der Waals surface area contributed by atoms with E-state index in [9.17, 15) is 18.0 Å². The SMILES string of the molecule is CCC(=O)c1cc(OC)ccc1C(F)(F)F. The summed E-state index contributed by atoms with van der Waals surface area (Å²) in [6, 6.07) is 3.17. The summed E-state index contributed by atoms with van der Waals surface area (Å²) in [4.78, 5) is 11.4. The Labute approximate surface area is 91.0 Å². The third-order valence-electron chi connectivity index (χ3n) is 2.15. The number of rotatable bonds is 3. The molecule has 1 rings (SSSR count). The van der Waals surface area contributed by atoms with E-state index in [1.54, 1.807) is 0 Å². The van der Waals surface area contributed by atoms with Gasteiger partial charge in [0.2, 0.25) is 0 Å². The molecule has 1 aromatic rings. The molecule has 0 saturated carbocycles. The molecule has 0 aliphatic rings. The van der Waals surface area contributed by atoms with Crippen molar-refractivity contribution in [2.75, 3.05) is 7.11 Å². The van der Waals surface area contributed by atoms with Crippen LogP contribution in [0.4, 0.5) is 13.2 Å². The average molecular weight is 232 g/mol. The fourth-order valence-corrected chi connectivity index (χ4v) is 1.32. The van der Waals surface area contributed by atoms with Crippen LogP contribution in [0.5, 0.6) is 5.75 Å². The molecule has 0 amide bonds. The molecule has 1 aromatic carbocycles. The molecule has 0 bridgehead atoms. The lowest BCUT2D eigenvalue weighted by molar-refractivity contribution is -0.137. The molecule has 16 heavy (non-hydrogen) atoms. The van der Waals surface area contributed by atoms with E-state index in [0.717, 1.165) is 12.1 Å². The lowest BCUT2D eigenvalue weighted by atomic mass is 10.0. The lowest BCUT2D eigenvalue weighted by Gasteiger charge is -2.12. The first-order valence-corrected chi connectivity index (χ1v) is 4.68. The standard InChI is InChI=1S/C11H11F3O2/c1-3-10(15)8-6-7(16-2)4-5-9(8)11(12,13)14/h4-6H,3H2,1-2H3. The largest absolute Gasteiger partial charge is 0.497 e. The summed E-state index contributed by atoms with van der Waals surface area (Å²) in [5.74, 6) is -0.309. The van der Waals surface area contributed by atoms with E-state index in [1.165, 1.54) is 20.1 Å². The van der Waals surface area contributed by atoms with E-state index in [4.69, 9.17) is 4.74 Å². The number of Topliss-reactive ketones (excluding diaryl/α,β-unsaturated/α-hetero) is 1. The van der Waals surface area contributed by atoms with Crippen LogP contribution in [0.3, 0.4) is 0 Å². The third-order valence-corrected chi connectivity index (χ3v) is 2.15. The number of hydrogen-bond acceptors (Lipinski definition) is 2. The van der Waals surface area contributed by atoms with Gasteiger partial charge in [0.15, 0.2) is 5.78 Å². The van der Waals surface area contributed by atoms with Crippen LogP contribution in [-0.4, -0.2) is 12.9 Å². The Morgan fingerprint density at radius 3 is 2.44 bits per heavy atom. The molecule has 0 N–H and O–H groups in total. The quantitative estimate of drug-likeness (QED) is 0.747. The average Bonchev–Trinajstić information content (AvgIpc) is 2.25. The molecular formula is C11H11F3O2. The Bertz CT molecular complexity index is 397. The Morgan fingerprint density at radius 2 is 2.00 bits per heavy atom. The molecule has 88 valence electrons. The minimum atomic E-state index is -4.52. The van der Waals surface area contributed by atoms with Gasteiger partial charge in [-0.3, -0.25) is 4.79 Å². The second-order valence-electron chi connectivity index (χ2n) is 3.19. The molecule has 0 unspecified atom stereocenters. The molecule has 0 aliphatic heterocycles. The van der Waals surface area contributed by atoms with Gasteiger partial charge in [0.05, 0.1) is 12.7 Å². The molecule has 0 spiro atoms. The van der Waals surface area contributed by atoms with Crippen LogP contribution in [-0.2, 0) is 6.18 Å². The summed E-state index contributed by atoms with van der Waals surface area (Å²) in [5, 5.41) is 0. The minimum absolute atomic E-state index is 0.0241. The van der Waals surface area contributed by atoms with Crippen molar-refractivity contribution in [3.63, 3.8) is 0 Å². The van der Waals surface area contributed by atoms with Crippen molar-refractivity contribution in [3.8, 4) is 5.75 Å². The van der Waals surface area contributed by atoms with E-state index in [0.29, 0.717) is 0 Å². The second kappa shape index (κ2) is 4.55. The Hall–Kier alpha value is -1.52. The first-order valence-electron chi connectivity index (χ1n) is 4.68. The van der Waals surface area contributed by atoms with Gasteiger partial charge in [-0.2, -0.15) is 13.2 Å². The molecule has 2 nitrogen and oxygen atoms in total. The Balaban J connectivity index is 3.33. The van der Waals surface area contributed by atoms with Gasteiger partial charge >= 0.3 is 6.18 Å². The smallest absolute Gasteiger partial charge is 0.417 e. The molecule has 0 saturated heterocycles. The van der Waals surface area contributed by atoms with Gasteiger partial charge < -0.3 is 4.74 Å². The Morgan fingerprint density at radius 1 is 1.38 bits per heavy atom. The van der Waals surface area contributed by atoms with E-state index < -0.39 is 17.5 Å². The molecule has 0 heterocycles. The zero-order valence-electron chi connectivity index (χ0n) is 8.89. The highest BCUT2D eigenvalue weighted by Gasteiger charge is 2.34. The second-order valence-corrected chi connectivity index (χ2v) is 3.19. The number of ketones is 1. The zero-order chi connectivity index (χ0) is 12.3. The number of alkyl halides is 3. The maximum atomic E-state index is 12.6. The molecule has 5 heteroatoms. The van der Waals surface area contributed by atoms with E-state index >= 15 is 0 Å². The molecule has 0 radical (unpaired) electrons. The third kappa shape index (κ3) is 2.53. The molecule has 0 atom stereocenters. The monoisotopic (exact) mass is 232 g/mol. The van der Waals surface area contributed by atoms with Crippen LogP contribution in [0.15, 0.2) is 18.2 Å². The predicted octanol–water partition coefficient (Wildman–Crippen LogP) is 3.31.